The average molecular weight is 403 g/mol. The zero-order chi connectivity index (χ0) is 20.7. The first kappa shape index (κ1) is 20.2. The van der Waals surface area contributed by atoms with Crippen LogP contribution in [0.2, 0.25) is 0 Å². The number of rotatable bonds is 3. The number of carbonyl (C=O) groups excluding carboxylic acids is 1. The van der Waals surface area contributed by atoms with Crippen LogP contribution in [0.1, 0.15) is 54.8 Å². The van der Waals surface area contributed by atoms with Crippen LogP contribution < -0.4 is 5.32 Å². The van der Waals surface area contributed by atoms with E-state index in [0.29, 0.717) is 25.0 Å². The van der Waals surface area contributed by atoms with Crippen molar-refractivity contribution in [3.05, 3.63) is 17.7 Å². The van der Waals surface area contributed by atoms with Crippen molar-refractivity contribution in [1.29, 1.82) is 0 Å². The van der Waals surface area contributed by atoms with E-state index in [9.17, 15) is 22.8 Å². The molecule has 8 nitrogen and oxygen atoms in total. The van der Waals surface area contributed by atoms with Crippen molar-refractivity contribution in [3.8, 4) is 0 Å². The van der Waals surface area contributed by atoms with Crippen LogP contribution in [0.4, 0.5) is 13.2 Å². The van der Waals surface area contributed by atoms with Crippen LogP contribution in [0, 0.1) is 5.41 Å². The molecule has 2 heterocycles. The molecule has 1 aromatic rings. The third-order valence-corrected chi connectivity index (χ3v) is 5.56. The van der Waals surface area contributed by atoms with Crippen molar-refractivity contribution in [2.45, 2.75) is 63.2 Å². The lowest BCUT2D eigenvalue weighted by Gasteiger charge is -2.67. The Balaban J connectivity index is 0.000000279. The van der Waals surface area contributed by atoms with E-state index < -0.39 is 23.5 Å². The molecule has 154 valence electrons. The summed E-state index contributed by atoms with van der Waals surface area (Å²) >= 11 is 0. The maximum atomic E-state index is 12.5. The summed E-state index contributed by atoms with van der Waals surface area (Å²) in [5.74, 6) is -2.59. The first-order valence-corrected chi connectivity index (χ1v) is 8.89. The van der Waals surface area contributed by atoms with Gasteiger partial charge in [0, 0.05) is 18.5 Å². The number of alkyl halides is 3. The Hall–Kier alpha value is -2.59. The molecule has 3 fully saturated rings. The van der Waals surface area contributed by atoms with E-state index in [0.717, 1.165) is 31.6 Å². The molecule has 2 bridgehead atoms. The highest BCUT2D eigenvalue weighted by Crippen LogP contribution is 2.67. The minimum absolute atomic E-state index is 0.102. The molecule has 0 aromatic carbocycles. The summed E-state index contributed by atoms with van der Waals surface area (Å²) in [6.07, 6.45) is 2.61. The van der Waals surface area contributed by atoms with E-state index in [-0.39, 0.29) is 11.4 Å². The Morgan fingerprint density at radius 1 is 1.11 bits per heavy atom. The van der Waals surface area contributed by atoms with Crippen LogP contribution in [0.3, 0.4) is 0 Å². The predicted octanol–water partition coefficient (Wildman–Crippen LogP) is 1.98. The third-order valence-electron chi connectivity index (χ3n) is 5.56. The van der Waals surface area contributed by atoms with E-state index in [2.05, 4.69) is 10.3 Å². The smallest absolute Gasteiger partial charge is 0.481 e. The molecule has 5 rings (SSSR count). The Kier molecular flexibility index (Phi) is 4.88. The molecule has 3 saturated carbocycles. The van der Waals surface area contributed by atoms with E-state index in [1.54, 1.807) is 6.20 Å². The zero-order valence-electron chi connectivity index (χ0n) is 14.9. The molecule has 0 saturated heterocycles. The van der Waals surface area contributed by atoms with Crippen molar-refractivity contribution >= 4 is 17.8 Å². The molecular formula is C17H20F3N3O5. The largest absolute Gasteiger partial charge is 0.490 e. The number of halogens is 3. The number of carboxylic acids is 2. The number of nitrogens with one attached hydrogen (secondary N) is 1. The van der Waals surface area contributed by atoms with Gasteiger partial charge in [-0.15, -0.1) is 0 Å². The van der Waals surface area contributed by atoms with Crippen molar-refractivity contribution in [1.82, 2.24) is 14.9 Å². The first-order valence-electron chi connectivity index (χ1n) is 8.89. The van der Waals surface area contributed by atoms with E-state index >= 15 is 0 Å². The highest BCUT2D eigenvalue weighted by molar-refractivity contribution is 5.94. The zero-order valence-corrected chi connectivity index (χ0v) is 14.9. The molecule has 3 aliphatic carbocycles. The molecular weight excluding hydrogens is 383 g/mol. The molecule has 3 N–H and O–H groups in total. The number of aromatic nitrogens is 2. The van der Waals surface area contributed by atoms with Crippen molar-refractivity contribution < 1.29 is 37.8 Å². The van der Waals surface area contributed by atoms with Gasteiger partial charge in [-0.05, 0) is 32.1 Å². The standard InChI is InChI=1S/C15H19N3O3.C2HF3O2/c19-12(17-15-7-14(8-15,9-15)13(20)21)10-6-16-11-4-2-1-3-5-18(10)11;3-2(4,5)1(6)7/h6H,1-5,7-9H2,(H,17,19)(H,20,21);(H,6,7). The topological polar surface area (TPSA) is 122 Å². The molecule has 11 heteroatoms. The molecule has 4 aliphatic rings. The Morgan fingerprint density at radius 2 is 1.71 bits per heavy atom. The lowest BCUT2D eigenvalue weighted by Crippen LogP contribution is -2.77. The fourth-order valence-electron chi connectivity index (χ4n) is 4.23. The summed E-state index contributed by atoms with van der Waals surface area (Å²) in [6.45, 7) is 0.851. The lowest BCUT2D eigenvalue weighted by molar-refractivity contribution is -0.196. The molecule has 0 spiro atoms. The second-order valence-electron chi connectivity index (χ2n) is 7.68. The van der Waals surface area contributed by atoms with Gasteiger partial charge in [0.2, 0.25) is 0 Å². The van der Waals surface area contributed by atoms with E-state index in [4.69, 9.17) is 15.0 Å². The lowest BCUT2D eigenvalue weighted by atomic mass is 9.39. The Morgan fingerprint density at radius 3 is 2.25 bits per heavy atom. The van der Waals surface area contributed by atoms with Crippen LogP contribution in [0.15, 0.2) is 6.20 Å². The number of fused-ring (bicyclic) bond motifs is 1. The van der Waals surface area contributed by atoms with Gasteiger partial charge in [-0.1, -0.05) is 6.42 Å². The summed E-state index contributed by atoms with van der Waals surface area (Å²) in [4.78, 5) is 36.8. The average Bonchev–Trinajstić information content (AvgIpc) is 2.77. The van der Waals surface area contributed by atoms with Crippen molar-refractivity contribution in [2.75, 3.05) is 0 Å². The number of carboxylic acid groups (broad SMARTS) is 2. The van der Waals surface area contributed by atoms with Gasteiger partial charge in [-0.25, -0.2) is 9.78 Å². The van der Waals surface area contributed by atoms with Crippen LogP contribution in [-0.2, 0) is 22.6 Å². The predicted molar refractivity (Wildman–Crippen MR) is 87.6 cm³/mol. The molecule has 0 atom stereocenters. The van der Waals surface area contributed by atoms with Crippen LogP contribution in [0.5, 0.6) is 0 Å². The number of hydrogen-bond donors (Lipinski definition) is 3. The normalized spacial score (nSPS) is 27.7. The van der Waals surface area contributed by atoms with Crippen molar-refractivity contribution in [2.24, 2.45) is 5.41 Å². The molecule has 1 aliphatic heterocycles. The third kappa shape index (κ3) is 3.57. The monoisotopic (exact) mass is 403 g/mol. The van der Waals surface area contributed by atoms with Gasteiger partial charge < -0.3 is 20.1 Å². The number of nitrogens with zero attached hydrogens (tertiary/aromatic N) is 2. The Bertz CT molecular complexity index is 798. The second kappa shape index (κ2) is 6.78. The molecule has 0 radical (unpaired) electrons. The fraction of sp³-hybridized carbons (Fsp3) is 0.647. The molecule has 1 amide bonds. The van der Waals surface area contributed by atoms with Gasteiger partial charge in [0.25, 0.3) is 5.91 Å². The minimum atomic E-state index is -5.08. The summed E-state index contributed by atoms with van der Waals surface area (Å²) < 4.78 is 33.8. The SMILES string of the molecule is O=C(NC12CC(C(=O)O)(C1)C2)c1cnc2n1CCCCC2.O=C(O)C(F)(F)F. The summed E-state index contributed by atoms with van der Waals surface area (Å²) in [5, 5.41) is 19.3. The Labute approximate surface area is 157 Å². The minimum Gasteiger partial charge on any atom is -0.481 e. The highest BCUT2D eigenvalue weighted by atomic mass is 19.4. The number of aryl methyl sites for hydroxylation is 1. The number of amides is 1. The molecule has 1 aromatic heterocycles. The maximum Gasteiger partial charge on any atom is 0.490 e. The van der Waals surface area contributed by atoms with Crippen LogP contribution >= 0.6 is 0 Å². The van der Waals surface area contributed by atoms with Gasteiger partial charge in [0.15, 0.2) is 0 Å². The second-order valence-corrected chi connectivity index (χ2v) is 7.68. The highest BCUT2D eigenvalue weighted by Gasteiger charge is 2.72. The number of carbonyl (C=O) groups is 3. The fourth-order valence-corrected chi connectivity index (χ4v) is 4.23. The van der Waals surface area contributed by atoms with Gasteiger partial charge in [0.05, 0.1) is 11.6 Å². The summed E-state index contributed by atoms with van der Waals surface area (Å²) in [6, 6.07) is 0. The number of imidazole rings is 1. The quantitative estimate of drug-likeness (QED) is 0.710. The summed E-state index contributed by atoms with van der Waals surface area (Å²) in [7, 11) is 0. The van der Waals surface area contributed by atoms with Gasteiger partial charge in [-0.2, -0.15) is 13.2 Å². The van der Waals surface area contributed by atoms with E-state index in [1.165, 1.54) is 6.42 Å². The number of hydrogen-bond acceptors (Lipinski definition) is 4. The van der Waals surface area contributed by atoms with Gasteiger partial charge >= 0.3 is 18.1 Å². The first-order chi connectivity index (χ1) is 13.0. The van der Waals surface area contributed by atoms with Gasteiger partial charge in [-0.3, -0.25) is 9.59 Å². The van der Waals surface area contributed by atoms with E-state index in [1.807, 2.05) is 4.57 Å². The molecule has 0 unspecified atom stereocenters. The van der Waals surface area contributed by atoms with Crippen molar-refractivity contribution in [3.63, 3.8) is 0 Å². The van der Waals surface area contributed by atoms with Gasteiger partial charge in [0.1, 0.15) is 11.5 Å². The van der Waals surface area contributed by atoms with Crippen LogP contribution in [-0.4, -0.2) is 49.3 Å². The maximum absolute atomic E-state index is 12.5. The summed E-state index contributed by atoms with van der Waals surface area (Å²) in [5.41, 5.74) is -0.201. The molecule has 28 heavy (non-hydrogen) atoms. The number of aliphatic carboxylic acids is 2. The van der Waals surface area contributed by atoms with Crippen LogP contribution in [0.25, 0.3) is 0 Å².